The van der Waals surface area contributed by atoms with Gasteiger partial charge in [-0.2, -0.15) is 0 Å². The smallest absolute Gasteiger partial charge is 0.408 e. The Bertz CT molecular complexity index is 1960. The van der Waals surface area contributed by atoms with Gasteiger partial charge in [-0.05, 0) is 76.6 Å². The summed E-state index contributed by atoms with van der Waals surface area (Å²) in [5.74, 6) is -3.03. The minimum Gasteiger partial charge on any atom is -0.497 e. The first kappa shape index (κ1) is 40.2. The van der Waals surface area contributed by atoms with Crippen LogP contribution < -0.4 is 24.8 Å². The van der Waals surface area contributed by atoms with Crippen molar-refractivity contribution in [3.05, 3.63) is 55.3 Å². The molecule has 0 radical (unpaired) electrons. The van der Waals surface area contributed by atoms with E-state index in [-0.39, 0.29) is 31.0 Å². The van der Waals surface area contributed by atoms with Gasteiger partial charge in [0.15, 0.2) is 0 Å². The molecule has 15 nitrogen and oxygen atoms in total. The number of nitrogens with zero attached hydrogens (tertiary/aromatic N) is 2. The molecule has 1 saturated heterocycles. The molecule has 3 N–H and O–H groups in total. The molecule has 6 atom stereocenters. The second-order valence-corrected chi connectivity index (χ2v) is 17.0. The van der Waals surface area contributed by atoms with Crippen LogP contribution in [0.3, 0.4) is 0 Å². The Hall–Kier alpha value is -4.99. The lowest BCUT2D eigenvalue weighted by atomic mass is 9.98. The van der Waals surface area contributed by atoms with E-state index in [0.717, 1.165) is 5.39 Å². The van der Waals surface area contributed by atoms with Gasteiger partial charge in [0, 0.05) is 36.3 Å². The highest BCUT2D eigenvalue weighted by Crippen LogP contribution is 2.45. The topological polar surface area (TPSA) is 199 Å². The molecule has 292 valence electrons. The zero-order valence-electron chi connectivity index (χ0n) is 31.4. The second-order valence-electron chi connectivity index (χ2n) is 15.1. The van der Waals surface area contributed by atoms with Crippen LogP contribution in [0.15, 0.2) is 55.3 Å². The number of Topliss-reactive ketones (excluding diaryl/α,β-unsaturated/α-hetero) is 1. The molecule has 3 fully saturated rings. The maximum Gasteiger partial charge on any atom is 0.408 e. The number of ether oxygens (including phenoxy) is 3. The summed E-state index contributed by atoms with van der Waals surface area (Å²) in [6, 6.07) is 4.42. The number of likely N-dealkylation sites (tertiary alicyclic amines) is 1. The number of amides is 4. The van der Waals surface area contributed by atoms with Gasteiger partial charge in [0.1, 0.15) is 40.9 Å². The van der Waals surface area contributed by atoms with E-state index < -0.39 is 86.7 Å². The molecule has 1 unspecified atom stereocenters. The van der Waals surface area contributed by atoms with Crippen LogP contribution in [0.1, 0.15) is 66.7 Å². The van der Waals surface area contributed by atoms with E-state index in [1.807, 2.05) is 6.07 Å². The molecule has 1 aliphatic heterocycles. The molecule has 2 aliphatic carbocycles. The first-order valence-corrected chi connectivity index (χ1v) is 19.5. The standard InChI is InChI=1S/C38H49N5O10S/c1-8-10-22(3)31(44)19-29(40-36(48)53-37(4,5)6)34(46)43-21-26(52-33-28-14-11-25(51-7)17-23(28)15-16-39-33)18-30(43)32(45)41-38(20-24(38)9-2)35(47)42-54(49,50)27-12-13-27/h8-11,14-17,22,24,26-27,29-30H,2,12-13,18-21H2,1,3-7H3,(H,40,48)(H,41,45)(H,42,47)/b10-8+/t22?,24-,26-,29+,30+,38-/m1/s1. The minimum absolute atomic E-state index is 0.0648. The van der Waals surface area contributed by atoms with Crippen LogP contribution in [0.4, 0.5) is 4.79 Å². The maximum absolute atomic E-state index is 14.5. The molecule has 3 aliphatic rings. The fourth-order valence-electron chi connectivity index (χ4n) is 6.53. The van der Waals surface area contributed by atoms with Gasteiger partial charge in [-0.1, -0.05) is 25.2 Å². The zero-order valence-corrected chi connectivity index (χ0v) is 32.2. The van der Waals surface area contributed by atoms with E-state index in [0.29, 0.717) is 24.0 Å². The number of alkyl carbamates (subject to hydrolysis) is 1. The van der Waals surface area contributed by atoms with Crippen LogP contribution in [-0.4, -0.2) is 96.1 Å². The van der Waals surface area contributed by atoms with Crippen LogP contribution in [0, 0.1) is 11.8 Å². The zero-order chi connectivity index (χ0) is 39.6. The molecular weight excluding hydrogens is 719 g/mol. The number of carbonyl (C=O) groups excluding carboxylic acids is 5. The SMILES string of the molecule is C=C[C@@H]1C[C@]1(NC(=O)[C@@H]1C[C@@H](Oc2nccc3cc(OC)ccc23)CN1C(=O)[C@H](CC(=O)C(C)/C=C/C)NC(=O)OC(C)(C)C)C(=O)NS(=O)(=O)C1CC1. The van der Waals surface area contributed by atoms with Crippen LogP contribution in [-0.2, 0) is 33.9 Å². The normalized spacial score (nSPS) is 23.6. The van der Waals surface area contributed by atoms with E-state index in [1.165, 1.54) is 11.0 Å². The third kappa shape index (κ3) is 9.20. The van der Waals surface area contributed by atoms with Gasteiger partial charge in [-0.15, -0.1) is 6.58 Å². The first-order chi connectivity index (χ1) is 25.4. The molecular formula is C38H49N5O10S. The van der Waals surface area contributed by atoms with Gasteiger partial charge in [-0.25, -0.2) is 18.2 Å². The molecule has 0 bridgehead atoms. The highest BCUT2D eigenvalue weighted by molar-refractivity contribution is 7.91. The molecule has 0 spiro atoms. The average molecular weight is 768 g/mol. The van der Waals surface area contributed by atoms with Crippen molar-refractivity contribution in [3.8, 4) is 11.6 Å². The number of benzene rings is 1. The number of hydrogen-bond donors (Lipinski definition) is 3. The number of rotatable bonds is 15. The van der Waals surface area contributed by atoms with E-state index in [1.54, 1.807) is 78.3 Å². The third-order valence-electron chi connectivity index (χ3n) is 9.69. The number of hydrogen-bond acceptors (Lipinski definition) is 11. The summed E-state index contributed by atoms with van der Waals surface area (Å²) >= 11 is 0. The van der Waals surface area contributed by atoms with Gasteiger partial charge in [0.2, 0.25) is 27.7 Å². The summed E-state index contributed by atoms with van der Waals surface area (Å²) in [5, 5.41) is 6.02. The lowest BCUT2D eigenvalue weighted by Crippen LogP contribution is -2.58. The Labute approximate surface area is 315 Å². The van der Waals surface area contributed by atoms with Gasteiger partial charge in [-0.3, -0.25) is 23.9 Å². The number of allylic oxidation sites excluding steroid dienone is 2. The van der Waals surface area contributed by atoms with Crippen LogP contribution in [0.25, 0.3) is 10.8 Å². The summed E-state index contributed by atoms with van der Waals surface area (Å²) < 4.78 is 44.6. The van der Waals surface area contributed by atoms with E-state index in [4.69, 9.17) is 14.2 Å². The molecule has 4 amide bonds. The molecule has 5 rings (SSSR count). The van der Waals surface area contributed by atoms with Crippen LogP contribution >= 0.6 is 0 Å². The number of pyridine rings is 1. The predicted octanol–water partition coefficient (Wildman–Crippen LogP) is 3.33. The number of carbonyl (C=O) groups is 5. The van der Waals surface area contributed by atoms with Crippen molar-refractivity contribution >= 4 is 50.4 Å². The van der Waals surface area contributed by atoms with Crippen molar-refractivity contribution in [3.63, 3.8) is 0 Å². The number of nitrogens with one attached hydrogen (secondary N) is 3. The predicted molar refractivity (Wildman–Crippen MR) is 199 cm³/mol. The van der Waals surface area contributed by atoms with Crippen molar-refractivity contribution in [1.29, 1.82) is 0 Å². The summed E-state index contributed by atoms with van der Waals surface area (Å²) in [6.45, 7) is 12.0. The summed E-state index contributed by atoms with van der Waals surface area (Å²) in [6.07, 6.45) is 5.14. The average Bonchev–Trinajstić information content (AvgIpc) is 4.03. The van der Waals surface area contributed by atoms with Crippen molar-refractivity contribution in [1.82, 2.24) is 25.2 Å². The van der Waals surface area contributed by atoms with Crippen molar-refractivity contribution < 1.29 is 46.6 Å². The van der Waals surface area contributed by atoms with Crippen molar-refractivity contribution in [2.75, 3.05) is 13.7 Å². The number of aromatic nitrogens is 1. The Morgan fingerprint density at radius 1 is 1.15 bits per heavy atom. The molecule has 2 heterocycles. The monoisotopic (exact) mass is 767 g/mol. The molecule has 16 heteroatoms. The summed E-state index contributed by atoms with van der Waals surface area (Å²) in [4.78, 5) is 74.2. The Morgan fingerprint density at radius 2 is 1.87 bits per heavy atom. The third-order valence-corrected chi connectivity index (χ3v) is 11.5. The van der Waals surface area contributed by atoms with Gasteiger partial charge < -0.3 is 29.7 Å². The first-order valence-electron chi connectivity index (χ1n) is 18.0. The molecule has 2 aromatic rings. The largest absolute Gasteiger partial charge is 0.497 e. The number of sulfonamides is 1. The highest BCUT2D eigenvalue weighted by atomic mass is 32.2. The number of fused-ring (bicyclic) bond motifs is 1. The van der Waals surface area contributed by atoms with Gasteiger partial charge in [0.25, 0.3) is 5.91 Å². The van der Waals surface area contributed by atoms with Crippen molar-refractivity contribution in [2.45, 2.75) is 101 Å². The number of ketones is 1. The molecule has 1 aromatic heterocycles. The Balaban J connectivity index is 1.46. The van der Waals surface area contributed by atoms with Gasteiger partial charge in [0.05, 0.1) is 18.9 Å². The maximum atomic E-state index is 14.5. The van der Waals surface area contributed by atoms with E-state index in [9.17, 15) is 32.4 Å². The fraction of sp³-hybridized carbons (Fsp3) is 0.526. The second kappa shape index (κ2) is 15.8. The van der Waals surface area contributed by atoms with Crippen LogP contribution in [0.5, 0.6) is 11.6 Å². The fourth-order valence-corrected chi connectivity index (χ4v) is 7.90. The van der Waals surface area contributed by atoms with Gasteiger partial charge >= 0.3 is 6.09 Å². The molecule has 1 aromatic carbocycles. The minimum atomic E-state index is -3.94. The Morgan fingerprint density at radius 3 is 2.48 bits per heavy atom. The lowest BCUT2D eigenvalue weighted by Gasteiger charge is -2.30. The Kier molecular flexibility index (Phi) is 11.7. The van der Waals surface area contributed by atoms with E-state index in [2.05, 4.69) is 26.9 Å². The summed E-state index contributed by atoms with van der Waals surface area (Å²) in [5.41, 5.74) is -2.53. The summed E-state index contributed by atoms with van der Waals surface area (Å²) in [7, 11) is -2.39. The lowest BCUT2D eigenvalue weighted by molar-refractivity contribution is -0.142. The number of methoxy groups -OCH3 is 1. The van der Waals surface area contributed by atoms with Crippen molar-refractivity contribution in [2.24, 2.45) is 11.8 Å². The van der Waals surface area contributed by atoms with E-state index >= 15 is 0 Å². The molecule has 54 heavy (non-hydrogen) atoms. The van der Waals surface area contributed by atoms with Crippen LogP contribution in [0.2, 0.25) is 0 Å². The quantitative estimate of drug-likeness (QED) is 0.225. The molecule has 2 saturated carbocycles. The highest BCUT2D eigenvalue weighted by Gasteiger charge is 2.62.